The number of anilines is 1. The van der Waals surface area contributed by atoms with Crippen molar-refractivity contribution < 1.29 is 30.6 Å². The molecule has 6 nitrogen and oxygen atoms in total. The predicted octanol–water partition coefficient (Wildman–Crippen LogP) is 5.26. The van der Waals surface area contributed by atoms with Crippen molar-refractivity contribution in [2.24, 2.45) is 0 Å². The van der Waals surface area contributed by atoms with E-state index in [1.54, 1.807) is 6.08 Å². The van der Waals surface area contributed by atoms with Crippen molar-refractivity contribution >= 4 is 32.3 Å². The van der Waals surface area contributed by atoms with Gasteiger partial charge in [0.1, 0.15) is 11.3 Å². The lowest BCUT2D eigenvalue weighted by atomic mass is 9.87. The van der Waals surface area contributed by atoms with Gasteiger partial charge >= 0.3 is 11.8 Å². The zero-order valence-electron chi connectivity index (χ0n) is 18.1. The van der Waals surface area contributed by atoms with Crippen molar-refractivity contribution in [2.45, 2.75) is 58.2 Å². The van der Waals surface area contributed by atoms with Crippen LogP contribution in [0.2, 0.25) is 0 Å². The fraction of sp³-hybridized carbons (Fsp3) is 0.500. The van der Waals surface area contributed by atoms with E-state index in [1.807, 2.05) is 18.7 Å². The van der Waals surface area contributed by atoms with E-state index in [4.69, 9.17) is 4.42 Å². The van der Waals surface area contributed by atoms with Gasteiger partial charge in [0.05, 0.1) is 11.1 Å². The SMILES string of the molecule is CCCCCCN1c2cc3oc(=O)cc(C(F)(F)F)c3cc2C(CS(=O)(=O)O)=CC1(C)C. The van der Waals surface area contributed by atoms with Crippen LogP contribution in [0.1, 0.15) is 57.6 Å². The zero-order chi connectivity index (χ0) is 23.9. The quantitative estimate of drug-likeness (QED) is 0.335. The lowest BCUT2D eigenvalue weighted by molar-refractivity contribution is -0.136. The molecule has 10 heteroatoms. The monoisotopic (exact) mass is 473 g/mol. The molecule has 1 aliphatic rings. The summed E-state index contributed by atoms with van der Waals surface area (Å²) in [7, 11) is -4.44. The molecule has 2 heterocycles. The largest absolute Gasteiger partial charge is 0.423 e. The Kier molecular flexibility index (Phi) is 6.50. The van der Waals surface area contributed by atoms with Crippen LogP contribution in [0.25, 0.3) is 16.5 Å². The summed E-state index contributed by atoms with van der Waals surface area (Å²) in [5.74, 6) is -0.739. The molecule has 0 saturated heterocycles. The molecule has 0 fully saturated rings. The minimum atomic E-state index is -4.80. The Labute approximate surface area is 184 Å². The first kappa shape index (κ1) is 24.3. The molecule has 0 unspecified atom stereocenters. The normalized spacial score (nSPS) is 16.2. The Hall–Kier alpha value is -2.33. The van der Waals surface area contributed by atoms with Crippen LogP contribution in [-0.4, -0.2) is 30.8 Å². The Bertz CT molecular complexity index is 1210. The number of unbranched alkanes of at least 4 members (excludes halogenated alkanes) is 3. The van der Waals surface area contributed by atoms with E-state index in [0.717, 1.165) is 25.7 Å². The molecule has 0 amide bonds. The van der Waals surface area contributed by atoms with Gasteiger partial charge in [-0.05, 0) is 31.9 Å². The van der Waals surface area contributed by atoms with Crippen LogP contribution in [-0.2, 0) is 16.3 Å². The molecule has 1 aromatic heterocycles. The van der Waals surface area contributed by atoms with Gasteiger partial charge in [0.25, 0.3) is 10.1 Å². The Morgan fingerprint density at radius 3 is 2.41 bits per heavy atom. The Morgan fingerprint density at radius 2 is 1.81 bits per heavy atom. The van der Waals surface area contributed by atoms with Gasteiger partial charge in [-0.15, -0.1) is 0 Å². The highest BCUT2D eigenvalue weighted by atomic mass is 32.2. The topological polar surface area (TPSA) is 87.8 Å². The molecule has 0 radical (unpaired) electrons. The van der Waals surface area contributed by atoms with E-state index in [-0.39, 0.29) is 22.1 Å². The molecular weight excluding hydrogens is 447 g/mol. The van der Waals surface area contributed by atoms with Crippen molar-refractivity contribution in [2.75, 3.05) is 17.2 Å². The fourth-order valence-electron chi connectivity index (χ4n) is 4.23. The molecule has 0 aliphatic carbocycles. The van der Waals surface area contributed by atoms with E-state index in [9.17, 15) is 30.9 Å². The van der Waals surface area contributed by atoms with Crippen LogP contribution in [0.3, 0.4) is 0 Å². The van der Waals surface area contributed by atoms with Gasteiger partial charge in [-0.1, -0.05) is 32.3 Å². The summed E-state index contributed by atoms with van der Waals surface area (Å²) in [5, 5.41) is -0.345. The Morgan fingerprint density at radius 1 is 1.12 bits per heavy atom. The second kappa shape index (κ2) is 8.55. The summed E-state index contributed by atoms with van der Waals surface area (Å²) in [5.41, 5.74) is -2.29. The molecule has 176 valence electrons. The highest BCUT2D eigenvalue weighted by Gasteiger charge is 2.37. The molecule has 1 aromatic carbocycles. The van der Waals surface area contributed by atoms with E-state index in [2.05, 4.69) is 6.92 Å². The molecule has 32 heavy (non-hydrogen) atoms. The highest BCUT2D eigenvalue weighted by molar-refractivity contribution is 7.86. The Balaban J connectivity index is 2.26. The highest BCUT2D eigenvalue weighted by Crippen LogP contribution is 2.44. The number of nitrogens with zero attached hydrogens (tertiary/aromatic N) is 1. The standard InChI is InChI=1S/C22H26F3NO5S/c1-4-5-6-7-8-26-18-11-19-16(17(22(23,24)25)10-20(27)31-19)9-15(18)14(12-21(26,2)3)13-32(28,29)30/h9-12H,4-8,13H2,1-3H3,(H,28,29,30). The molecule has 0 saturated carbocycles. The molecule has 3 rings (SSSR count). The van der Waals surface area contributed by atoms with Gasteiger partial charge in [-0.2, -0.15) is 21.6 Å². The van der Waals surface area contributed by atoms with E-state index < -0.39 is 38.8 Å². The second-order valence-electron chi connectivity index (χ2n) is 8.60. The third-order valence-corrected chi connectivity index (χ3v) is 6.28. The summed E-state index contributed by atoms with van der Waals surface area (Å²) in [4.78, 5) is 13.8. The van der Waals surface area contributed by atoms with Gasteiger partial charge < -0.3 is 9.32 Å². The van der Waals surface area contributed by atoms with Gasteiger partial charge in [0.15, 0.2) is 0 Å². The lowest BCUT2D eigenvalue weighted by Crippen LogP contribution is -2.46. The van der Waals surface area contributed by atoms with Gasteiger partial charge in [-0.3, -0.25) is 4.55 Å². The summed E-state index contributed by atoms with van der Waals surface area (Å²) in [6, 6.07) is 2.94. The maximum atomic E-state index is 13.6. The number of alkyl halides is 3. The molecule has 0 atom stereocenters. The van der Waals surface area contributed by atoms with E-state index >= 15 is 0 Å². The average Bonchev–Trinajstić information content (AvgIpc) is 2.63. The number of hydrogen-bond donors (Lipinski definition) is 1. The van der Waals surface area contributed by atoms with Crippen molar-refractivity contribution in [1.29, 1.82) is 0 Å². The van der Waals surface area contributed by atoms with Crippen molar-refractivity contribution in [1.82, 2.24) is 0 Å². The molecule has 2 aromatic rings. The summed E-state index contributed by atoms with van der Waals surface area (Å²) < 4.78 is 78.6. The van der Waals surface area contributed by atoms with E-state index in [0.29, 0.717) is 18.3 Å². The molecule has 0 bridgehead atoms. The number of fused-ring (bicyclic) bond motifs is 2. The lowest BCUT2D eigenvalue weighted by Gasteiger charge is -2.44. The van der Waals surface area contributed by atoms with Crippen LogP contribution in [0.5, 0.6) is 0 Å². The molecule has 1 N–H and O–H groups in total. The molecule has 1 aliphatic heterocycles. The number of benzene rings is 1. The van der Waals surface area contributed by atoms with E-state index in [1.165, 1.54) is 12.1 Å². The molecule has 0 spiro atoms. The third kappa shape index (κ3) is 5.17. The molecular formula is C22H26F3NO5S. The minimum Gasteiger partial charge on any atom is -0.423 e. The summed E-state index contributed by atoms with van der Waals surface area (Å²) in [6.07, 6.45) is 0.703. The van der Waals surface area contributed by atoms with Crippen LogP contribution in [0.4, 0.5) is 18.9 Å². The first-order chi connectivity index (χ1) is 14.7. The van der Waals surface area contributed by atoms with Crippen LogP contribution < -0.4 is 10.5 Å². The number of rotatable bonds is 7. The van der Waals surface area contributed by atoms with Gasteiger partial charge in [0, 0.05) is 35.3 Å². The minimum absolute atomic E-state index is 0.193. The van der Waals surface area contributed by atoms with Gasteiger partial charge in [0.2, 0.25) is 0 Å². The maximum absolute atomic E-state index is 13.6. The maximum Gasteiger partial charge on any atom is 0.417 e. The van der Waals surface area contributed by atoms with Crippen molar-refractivity contribution in [3.05, 3.63) is 45.8 Å². The first-order valence-corrected chi connectivity index (χ1v) is 12.0. The van der Waals surface area contributed by atoms with Crippen molar-refractivity contribution in [3.63, 3.8) is 0 Å². The number of hydrogen-bond acceptors (Lipinski definition) is 5. The third-order valence-electron chi connectivity index (χ3n) is 5.60. The van der Waals surface area contributed by atoms with Crippen LogP contribution in [0, 0.1) is 0 Å². The first-order valence-electron chi connectivity index (χ1n) is 10.4. The van der Waals surface area contributed by atoms with Crippen molar-refractivity contribution in [3.8, 4) is 0 Å². The zero-order valence-corrected chi connectivity index (χ0v) is 18.9. The van der Waals surface area contributed by atoms with Crippen LogP contribution >= 0.6 is 0 Å². The smallest absolute Gasteiger partial charge is 0.417 e. The number of halogens is 3. The predicted molar refractivity (Wildman–Crippen MR) is 117 cm³/mol. The second-order valence-corrected chi connectivity index (χ2v) is 10.1. The summed E-state index contributed by atoms with van der Waals surface area (Å²) in [6.45, 7) is 6.36. The fourth-order valence-corrected chi connectivity index (χ4v) is 4.86. The van der Waals surface area contributed by atoms with Crippen LogP contribution in [0.15, 0.2) is 33.5 Å². The van der Waals surface area contributed by atoms with Gasteiger partial charge in [-0.25, -0.2) is 4.79 Å². The average molecular weight is 474 g/mol. The summed E-state index contributed by atoms with van der Waals surface area (Å²) >= 11 is 0.